The molecule has 0 aliphatic heterocycles. The highest BCUT2D eigenvalue weighted by Gasteiger charge is 2.11. The molecule has 0 saturated carbocycles. The standard InChI is InChI=1S/C23H24N4O2/c1-16-21(17(2)27(26-16)20-7-5-4-6-8-20)13-14-22(28)25-19-11-9-18(10-12-19)15-23(29)24-3/h4-14H,15H2,1-3H3,(H,24,29)(H,25,28)/b14-13+. The second kappa shape index (κ2) is 9.01. The van der Waals surface area contributed by atoms with E-state index in [2.05, 4.69) is 15.7 Å². The van der Waals surface area contributed by atoms with E-state index in [4.69, 9.17) is 0 Å². The Morgan fingerprint density at radius 1 is 1.03 bits per heavy atom. The highest BCUT2D eigenvalue weighted by Crippen LogP contribution is 2.19. The molecule has 1 heterocycles. The van der Waals surface area contributed by atoms with Gasteiger partial charge in [0.25, 0.3) is 0 Å². The molecule has 0 unspecified atom stereocenters. The molecule has 3 aromatic rings. The third-order valence-electron chi connectivity index (χ3n) is 4.61. The van der Waals surface area contributed by atoms with Crippen LogP contribution in [0.2, 0.25) is 0 Å². The summed E-state index contributed by atoms with van der Waals surface area (Å²) in [5, 5.41) is 10.0. The summed E-state index contributed by atoms with van der Waals surface area (Å²) in [6, 6.07) is 17.1. The number of rotatable bonds is 6. The van der Waals surface area contributed by atoms with Crippen molar-refractivity contribution in [2.24, 2.45) is 0 Å². The van der Waals surface area contributed by atoms with Gasteiger partial charge in [-0.05, 0) is 49.8 Å². The molecule has 0 aliphatic carbocycles. The topological polar surface area (TPSA) is 76.0 Å². The average molecular weight is 388 g/mol. The third-order valence-corrected chi connectivity index (χ3v) is 4.61. The van der Waals surface area contributed by atoms with Crippen LogP contribution in [0.3, 0.4) is 0 Å². The van der Waals surface area contributed by atoms with Gasteiger partial charge in [0.1, 0.15) is 0 Å². The smallest absolute Gasteiger partial charge is 0.248 e. The zero-order valence-corrected chi connectivity index (χ0v) is 16.8. The van der Waals surface area contributed by atoms with Gasteiger partial charge in [0.15, 0.2) is 0 Å². The summed E-state index contributed by atoms with van der Waals surface area (Å²) >= 11 is 0. The molecule has 0 spiro atoms. The molecule has 2 amide bonds. The van der Waals surface area contributed by atoms with E-state index in [1.807, 2.05) is 61.0 Å². The lowest BCUT2D eigenvalue weighted by Crippen LogP contribution is -2.19. The number of para-hydroxylation sites is 1. The molecular formula is C23H24N4O2. The number of nitrogens with one attached hydrogen (secondary N) is 2. The highest BCUT2D eigenvalue weighted by molar-refractivity contribution is 6.02. The maximum absolute atomic E-state index is 12.3. The van der Waals surface area contributed by atoms with Crippen LogP contribution in [-0.4, -0.2) is 28.6 Å². The van der Waals surface area contributed by atoms with Crippen LogP contribution in [0.1, 0.15) is 22.5 Å². The number of benzene rings is 2. The van der Waals surface area contributed by atoms with Gasteiger partial charge in [-0.3, -0.25) is 9.59 Å². The SMILES string of the molecule is CNC(=O)Cc1ccc(NC(=O)/C=C/c2c(C)nn(-c3ccccc3)c2C)cc1. The van der Waals surface area contributed by atoms with Gasteiger partial charge in [0, 0.05) is 30.1 Å². The van der Waals surface area contributed by atoms with E-state index in [9.17, 15) is 9.59 Å². The first kappa shape index (κ1) is 20.1. The molecule has 2 aromatic carbocycles. The predicted octanol–water partition coefficient (Wildman–Crippen LogP) is 3.43. The number of carbonyl (C=O) groups excluding carboxylic acids is 2. The van der Waals surface area contributed by atoms with Crippen molar-refractivity contribution in [1.29, 1.82) is 0 Å². The Morgan fingerprint density at radius 3 is 2.38 bits per heavy atom. The summed E-state index contributed by atoms with van der Waals surface area (Å²) in [6.07, 6.45) is 3.60. The summed E-state index contributed by atoms with van der Waals surface area (Å²) in [7, 11) is 1.61. The number of amides is 2. The average Bonchev–Trinajstić information content (AvgIpc) is 3.02. The summed E-state index contributed by atoms with van der Waals surface area (Å²) in [5.41, 5.74) is 5.29. The van der Waals surface area contributed by atoms with Crippen LogP contribution >= 0.6 is 0 Å². The fourth-order valence-corrected chi connectivity index (χ4v) is 3.04. The Morgan fingerprint density at radius 2 is 1.72 bits per heavy atom. The molecule has 148 valence electrons. The minimum atomic E-state index is -0.227. The molecule has 3 rings (SSSR count). The van der Waals surface area contributed by atoms with Crippen LogP contribution in [0.15, 0.2) is 60.7 Å². The van der Waals surface area contributed by atoms with Crippen molar-refractivity contribution < 1.29 is 9.59 Å². The number of hydrogen-bond acceptors (Lipinski definition) is 3. The second-order valence-electron chi connectivity index (χ2n) is 6.70. The van der Waals surface area contributed by atoms with E-state index in [0.29, 0.717) is 12.1 Å². The number of carbonyl (C=O) groups is 2. The van der Waals surface area contributed by atoms with Gasteiger partial charge in [-0.1, -0.05) is 30.3 Å². The van der Waals surface area contributed by atoms with Crippen LogP contribution in [0.4, 0.5) is 5.69 Å². The molecule has 1 aromatic heterocycles. The number of aryl methyl sites for hydroxylation is 1. The summed E-state index contributed by atoms with van der Waals surface area (Å²) < 4.78 is 1.87. The van der Waals surface area contributed by atoms with Crippen LogP contribution in [-0.2, 0) is 16.0 Å². The lowest BCUT2D eigenvalue weighted by atomic mass is 10.1. The van der Waals surface area contributed by atoms with Gasteiger partial charge in [0.2, 0.25) is 11.8 Å². The third kappa shape index (κ3) is 4.99. The molecule has 2 N–H and O–H groups in total. The normalized spacial score (nSPS) is 10.9. The molecule has 0 atom stereocenters. The van der Waals surface area contributed by atoms with E-state index >= 15 is 0 Å². The van der Waals surface area contributed by atoms with Crippen molar-refractivity contribution in [3.8, 4) is 5.69 Å². The Bertz CT molecular complexity index is 1030. The maximum atomic E-state index is 12.3. The molecule has 6 nitrogen and oxygen atoms in total. The van der Waals surface area contributed by atoms with Gasteiger partial charge in [-0.25, -0.2) is 4.68 Å². The highest BCUT2D eigenvalue weighted by atomic mass is 16.2. The Labute approximate surface area is 170 Å². The van der Waals surface area contributed by atoms with Gasteiger partial charge >= 0.3 is 0 Å². The number of aromatic nitrogens is 2. The fraction of sp³-hybridized carbons (Fsp3) is 0.174. The van der Waals surface area contributed by atoms with Crippen LogP contribution < -0.4 is 10.6 Å². The van der Waals surface area contributed by atoms with Crippen molar-refractivity contribution in [3.05, 3.63) is 83.2 Å². The molecule has 0 bridgehead atoms. The number of nitrogens with zero attached hydrogens (tertiary/aromatic N) is 2. The lowest BCUT2D eigenvalue weighted by molar-refractivity contribution is -0.120. The molecule has 0 aliphatic rings. The zero-order valence-electron chi connectivity index (χ0n) is 16.8. The number of anilines is 1. The molecule has 29 heavy (non-hydrogen) atoms. The molecule has 6 heteroatoms. The first-order valence-corrected chi connectivity index (χ1v) is 9.38. The van der Waals surface area contributed by atoms with Crippen molar-refractivity contribution in [2.75, 3.05) is 12.4 Å². The van der Waals surface area contributed by atoms with E-state index in [0.717, 1.165) is 28.2 Å². The van der Waals surface area contributed by atoms with Crippen molar-refractivity contribution >= 4 is 23.6 Å². The Hall–Kier alpha value is -3.67. The Balaban J connectivity index is 1.68. The van der Waals surface area contributed by atoms with E-state index < -0.39 is 0 Å². The zero-order chi connectivity index (χ0) is 20.8. The number of likely N-dealkylation sites (N-methyl/N-ethyl adjacent to an activating group) is 1. The maximum Gasteiger partial charge on any atom is 0.248 e. The lowest BCUT2D eigenvalue weighted by Gasteiger charge is -2.05. The van der Waals surface area contributed by atoms with Crippen LogP contribution in [0, 0.1) is 13.8 Å². The van der Waals surface area contributed by atoms with Crippen molar-refractivity contribution in [2.45, 2.75) is 20.3 Å². The van der Waals surface area contributed by atoms with Gasteiger partial charge in [0.05, 0.1) is 17.8 Å². The van der Waals surface area contributed by atoms with Gasteiger partial charge in [-0.2, -0.15) is 5.10 Å². The minimum absolute atomic E-state index is 0.0495. The monoisotopic (exact) mass is 388 g/mol. The van der Waals surface area contributed by atoms with Crippen molar-refractivity contribution in [1.82, 2.24) is 15.1 Å². The van der Waals surface area contributed by atoms with Crippen LogP contribution in [0.25, 0.3) is 11.8 Å². The first-order valence-electron chi connectivity index (χ1n) is 9.38. The van der Waals surface area contributed by atoms with Gasteiger partial charge in [-0.15, -0.1) is 0 Å². The second-order valence-corrected chi connectivity index (χ2v) is 6.70. The summed E-state index contributed by atoms with van der Waals surface area (Å²) in [6.45, 7) is 3.91. The van der Waals surface area contributed by atoms with E-state index in [1.165, 1.54) is 6.08 Å². The summed E-state index contributed by atoms with van der Waals surface area (Å²) in [5.74, 6) is -0.276. The molecule has 0 radical (unpaired) electrons. The van der Waals surface area contributed by atoms with E-state index in [-0.39, 0.29) is 11.8 Å². The first-order chi connectivity index (χ1) is 14.0. The van der Waals surface area contributed by atoms with E-state index in [1.54, 1.807) is 25.3 Å². The Kier molecular flexibility index (Phi) is 6.24. The molecule has 0 fully saturated rings. The minimum Gasteiger partial charge on any atom is -0.359 e. The largest absolute Gasteiger partial charge is 0.359 e. The predicted molar refractivity (Wildman–Crippen MR) is 115 cm³/mol. The summed E-state index contributed by atoms with van der Waals surface area (Å²) in [4.78, 5) is 23.7. The molecular weight excluding hydrogens is 364 g/mol. The van der Waals surface area contributed by atoms with Crippen molar-refractivity contribution in [3.63, 3.8) is 0 Å². The van der Waals surface area contributed by atoms with Gasteiger partial charge < -0.3 is 10.6 Å². The van der Waals surface area contributed by atoms with Crippen LogP contribution in [0.5, 0.6) is 0 Å². The number of hydrogen-bond donors (Lipinski definition) is 2. The quantitative estimate of drug-likeness (QED) is 0.635. The molecule has 0 saturated heterocycles. The fourth-order valence-electron chi connectivity index (χ4n) is 3.04.